The van der Waals surface area contributed by atoms with Crippen molar-refractivity contribution >= 4 is 54.9 Å². The molecule has 0 radical (unpaired) electrons. The van der Waals surface area contributed by atoms with Gasteiger partial charge in [0.1, 0.15) is 10.3 Å². The summed E-state index contributed by atoms with van der Waals surface area (Å²) < 4.78 is 28.8. The molecular weight excluding hydrogens is 498 g/mol. The molecule has 190 valence electrons. The molecule has 1 aromatic heterocycles. The third-order valence-corrected chi connectivity index (χ3v) is 9.07. The van der Waals surface area contributed by atoms with E-state index in [1.807, 2.05) is 25.1 Å². The summed E-state index contributed by atoms with van der Waals surface area (Å²) in [4.78, 5) is 39.7. The van der Waals surface area contributed by atoms with E-state index in [2.05, 4.69) is 10.0 Å². The van der Waals surface area contributed by atoms with Crippen LogP contribution in [0.4, 0.5) is 5.69 Å². The monoisotopic (exact) mass is 527 g/mol. The van der Waals surface area contributed by atoms with Gasteiger partial charge in [0.15, 0.2) is 0 Å². The van der Waals surface area contributed by atoms with Crippen LogP contribution in [0, 0.1) is 12.8 Å². The number of carbonyl (C=O) groups excluding carboxylic acids is 3. The minimum absolute atomic E-state index is 0.0353. The number of nitrogens with zero attached hydrogens (tertiary/aromatic N) is 1. The summed E-state index contributed by atoms with van der Waals surface area (Å²) in [6, 6.07) is 12.7. The van der Waals surface area contributed by atoms with Crippen molar-refractivity contribution in [1.82, 2.24) is 10.0 Å². The molecule has 1 atom stereocenters. The Kier molecular flexibility index (Phi) is 7.46. The van der Waals surface area contributed by atoms with Crippen molar-refractivity contribution in [2.45, 2.75) is 50.3 Å². The number of aryl methyl sites for hydroxylation is 1. The highest BCUT2D eigenvalue weighted by Crippen LogP contribution is 2.29. The lowest BCUT2D eigenvalue weighted by Crippen LogP contribution is -2.51. The second-order valence-corrected chi connectivity index (χ2v) is 12.3. The molecule has 2 N–H and O–H groups in total. The average molecular weight is 528 g/mol. The number of fused-ring (bicyclic) bond motifs is 1. The van der Waals surface area contributed by atoms with Crippen molar-refractivity contribution in [3.63, 3.8) is 0 Å². The Morgan fingerprint density at radius 2 is 1.75 bits per heavy atom. The van der Waals surface area contributed by atoms with E-state index in [0.29, 0.717) is 18.5 Å². The number of amides is 3. The number of carbonyl (C=O) groups is 3. The Bertz CT molecular complexity index is 1410. The fourth-order valence-electron chi connectivity index (χ4n) is 4.12. The normalized spacial score (nSPS) is 15.2. The van der Waals surface area contributed by atoms with E-state index < -0.39 is 27.9 Å². The molecule has 2 aromatic carbocycles. The Hall–Kier alpha value is -3.24. The fraction of sp³-hybridized carbons (Fsp3) is 0.346. The molecule has 4 rings (SSSR count). The minimum atomic E-state index is -4.11. The second-order valence-electron chi connectivity index (χ2n) is 9.32. The number of anilines is 1. The maximum absolute atomic E-state index is 13.0. The second kappa shape index (κ2) is 10.4. The van der Waals surface area contributed by atoms with E-state index >= 15 is 0 Å². The van der Waals surface area contributed by atoms with Crippen LogP contribution in [0.15, 0.2) is 52.7 Å². The summed E-state index contributed by atoms with van der Waals surface area (Å²) in [7, 11) is -4.11. The van der Waals surface area contributed by atoms with Gasteiger partial charge in [-0.25, -0.2) is 13.1 Å². The van der Waals surface area contributed by atoms with Crippen LogP contribution in [0.2, 0.25) is 0 Å². The zero-order valence-corrected chi connectivity index (χ0v) is 22.0. The molecule has 1 unspecified atom stereocenters. The summed E-state index contributed by atoms with van der Waals surface area (Å²) >= 11 is 1.09. The maximum Gasteiger partial charge on any atom is 0.273 e. The third-order valence-electron chi connectivity index (χ3n) is 6.15. The van der Waals surface area contributed by atoms with E-state index in [1.165, 1.54) is 6.07 Å². The lowest BCUT2D eigenvalue weighted by molar-refractivity contribution is -0.122. The lowest BCUT2D eigenvalue weighted by atomic mass is 10.0. The van der Waals surface area contributed by atoms with Crippen LogP contribution in [0.5, 0.6) is 0 Å². The largest absolute Gasteiger partial charge is 0.340 e. The van der Waals surface area contributed by atoms with E-state index in [-0.39, 0.29) is 16.0 Å². The molecule has 0 spiro atoms. The molecule has 0 aliphatic carbocycles. The van der Waals surface area contributed by atoms with Gasteiger partial charge >= 0.3 is 0 Å². The van der Waals surface area contributed by atoms with E-state index in [4.69, 9.17) is 0 Å². The number of piperidine rings is 1. The van der Waals surface area contributed by atoms with Gasteiger partial charge in [-0.1, -0.05) is 26.0 Å². The van der Waals surface area contributed by atoms with Gasteiger partial charge < -0.3 is 10.2 Å². The highest BCUT2D eigenvalue weighted by Gasteiger charge is 2.30. The van der Waals surface area contributed by atoms with Gasteiger partial charge in [0, 0.05) is 28.9 Å². The van der Waals surface area contributed by atoms with Crippen LogP contribution in [-0.2, 0) is 19.6 Å². The van der Waals surface area contributed by atoms with Crippen LogP contribution in [0.1, 0.15) is 49.0 Å². The van der Waals surface area contributed by atoms with Gasteiger partial charge in [-0.3, -0.25) is 14.4 Å². The standard InChI is InChI=1S/C26H29N3O5S2/c1-16(2)24(26(32)28-36(33,34)23-15-19-8-7-17(3)14-21(19)35-23)27-25(31)18-9-11-20(12-10-18)29-13-5-4-6-22(29)30/h7-12,14-16,24H,4-6,13H2,1-3H3,(H,27,31)(H,28,32). The molecule has 1 aliphatic heterocycles. The van der Waals surface area contributed by atoms with Crippen LogP contribution >= 0.6 is 11.3 Å². The number of sulfonamides is 1. The predicted octanol–water partition coefficient (Wildman–Crippen LogP) is 3.99. The lowest BCUT2D eigenvalue weighted by Gasteiger charge is -2.27. The number of nitrogens with one attached hydrogen (secondary N) is 2. The van der Waals surface area contributed by atoms with Gasteiger partial charge in [0.25, 0.3) is 21.8 Å². The van der Waals surface area contributed by atoms with Crippen molar-refractivity contribution in [2.75, 3.05) is 11.4 Å². The molecule has 2 heterocycles. The number of benzene rings is 2. The molecule has 3 aromatic rings. The Morgan fingerprint density at radius 3 is 2.42 bits per heavy atom. The van der Waals surface area contributed by atoms with Gasteiger partial charge in [0.05, 0.1) is 0 Å². The first-order valence-electron chi connectivity index (χ1n) is 11.8. The first-order chi connectivity index (χ1) is 17.0. The minimum Gasteiger partial charge on any atom is -0.340 e. The number of hydrogen-bond donors (Lipinski definition) is 2. The zero-order chi connectivity index (χ0) is 26.0. The molecule has 0 saturated carbocycles. The van der Waals surface area contributed by atoms with E-state index in [1.54, 1.807) is 43.0 Å². The number of rotatable bonds is 7. The van der Waals surface area contributed by atoms with Crippen molar-refractivity contribution < 1.29 is 22.8 Å². The molecule has 0 bridgehead atoms. The molecule has 36 heavy (non-hydrogen) atoms. The third kappa shape index (κ3) is 5.60. The Morgan fingerprint density at radius 1 is 1.03 bits per heavy atom. The molecular formula is C26H29N3O5S2. The van der Waals surface area contributed by atoms with Gasteiger partial charge in [-0.2, -0.15) is 0 Å². The molecule has 1 fully saturated rings. The van der Waals surface area contributed by atoms with Gasteiger partial charge in [-0.15, -0.1) is 11.3 Å². The summed E-state index contributed by atoms with van der Waals surface area (Å²) in [5, 5.41) is 3.44. The van der Waals surface area contributed by atoms with Crippen molar-refractivity contribution in [3.05, 3.63) is 59.7 Å². The number of thiophene rings is 1. The summed E-state index contributed by atoms with van der Waals surface area (Å²) in [5.74, 6) is -1.61. The van der Waals surface area contributed by atoms with Gasteiger partial charge in [0.2, 0.25) is 5.91 Å². The first kappa shape index (κ1) is 25.8. The Labute approximate surface area is 214 Å². The number of hydrogen-bond acceptors (Lipinski definition) is 6. The first-order valence-corrected chi connectivity index (χ1v) is 14.1. The van der Waals surface area contributed by atoms with Gasteiger partial charge in [-0.05, 0) is 73.0 Å². The van der Waals surface area contributed by atoms with E-state index in [0.717, 1.165) is 45.5 Å². The van der Waals surface area contributed by atoms with E-state index in [9.17, 15) is 22.8 Å². The van der Waals surface area contributed by atoms with Crippen molar-refractivity contribution in [2.24, 2.45) is 5.92 Å². The summed E-state index contributed by atoms with van der Waals surface area (Å²) in [6.45, 7) is 6.02. The molecule has 1 aliphatic rings. The van der Waals surface area contributed by atoms with Crippen LogP contribution < -0.4 is 14.9 Å². The molecule has 10 heteroatoms. The highest BCUT2D eigenvalue weighted by atomic mass is 32.2. The summed E-state index contributed by atoms with van der Waals surface area (Å²) in [5.41, 5.74) is 2.04. The van der Waals surface area contributed by atoms with Crippen LogP contribution in [0.3, 0.4) is 0 Å². The summed E-state index contributed by atoms with van der Waals surface area (Å²) in [6.07, 6.45) is 2.33. The topological polar surface area (TPSA) is 113 Å². The average Bonchev–Trinajstić information content (AvgIpc) is 3.26. The zero-order valence-electron chi connectivity index (χ0n) is 20.4. The molecule has 3 amide bonds. The SMILES string of the molecule is Cc1ccc2cc(S(=O)(=O)NC(=O)C(NC(=O)c3ccc(N4CCCCC4=O)cc3)C(C)C)sc2c1. The van der Waals surface area contributed by atoms with Crippen LogP contribution in [0.25, 0.3) is 10.1 Å². The Balaban J connectivity index is 1.46. The highest BCUT2D eigenvalue weighted by molar-refractivity contribution is 7.92. The quantitative estimate of drug-likeness (QED) is 0.483. The molecule has 8 nitrogen and oxygen atoms in total. The van der Waals surface area contributed by atoms with Crippen LogP contribution in [-0.4, -0.2) is 38.7 Å². The molecule has 1 saturated heterocycles. The van der Waals surface area contributed by atoms with Crippen molar-refractivity contribution in [1.29, 1.82) is 0 Å². The fourth-order valence-corrected chi connectivity index (χ4v) is 6.62. The van der Waals surface area contributed by atoms with Crippen molar-refractivity contribution in [3.8, 4) is 0 Å². The maximum atomic E-state index is 13.0. The predicted molar refractivity (Wildman–Crippen MR) is 141 cm³/mol. The smallest absolute Gasteiger partial charge is 0.273 e.